The highest BCUT2D eigenvalue weighted by Crippen LogP contribution is 2.08. The normalized spacial score (nSPS) is 12.1. The van der Waals surface area contributed by atoms with Gasteiger partial charge in [-0.2, -0.15) is 0 Å². The molecule has 0 aliphatic rings. The molecule has 1 N–H and O–H groups in total. The molecular formula is C15H26N2. The van der Waals surface area contributed by atoms with Crippen molar-refractivity contribution in [1.29, 1.82) is 0 Å². The molecule has 2 heteroatoms. The molecule has 96 valence electrons. The highest BCUT2D eigenvalue weighted by atomic mass is 15.2. The summed E-state index contributed by atoms with van der Waals surface area (Å²) in [5.41, 5.74) is 1.66. The van der Waals surface area contributed by atoms with E-state index in [0.29, 0.717) is 0 Å². The molecule has 0 radical (unpaired) electrons. The van der Waals surface area contributed by atoms with Crippen molar-refractivity contribution in [3.63, 3.8) is 0 Å². The lowest BCUT2D eigenvalue weighted by Gasteiger charge is -2.32. The average Bonchev–Trinajstić information content (AvgIpc) is 2.29. The van der Waals surface area contributed by atoms with Gasteiger partial charge in [-0.1, -0.05) is 30.3 Å². The third-order valence-corrected chi connectivity index (χ3v) is 3.43. The van der Waals surface area contributed by atoms with Gasteiger partial charge in [0.15, 0.2) is 0 Å². The highest BCUT2D eigenvalue weighted by molar-refractivity contribution is 5.14. The first kappa shape index (κ1) is 14.2. The standard InChI is InChI=1S/C15H26N2/c1-15(2,17(3)4)13-16-12-8-11-14-9-6-5-7-10-14/h5-7,9-10,16H,8,11-13H2,1-4H3. The topological polar surface area (TPSA) is 15.3 Å². The first-order valence-corrected chi connectivity index (χ1v) is 6.44. The minimum Gasteiger partial charge on any atom is -0.315 e. The Hall–Kier alpha value is -0.860. The maximum Gasteiger partial charge on any atom is 0.0271 e. The van der Waals surface area contributed by atoms with Gasteiger partial charge in [0.1, 0.15) is 0 Å². The molecule has 0 heterocycles. The fourth-order valence-corrected chi connectivity index (χ4v) is 1.61. The van der Waals surface area contributed by atoms with Gasteiger partial charge in [0.25, 0.3) is 0 Å². The van der Waals surface area contributed by atoms with Crippen LogP contribution in [0.25, 0.3) is 0 Å². The van der Waals surface area contributed by atoms with Gasteiger partial charge in [0, 0.05) is 12.1 Å². The van der Waals surface area contributed by atoms with E-state index in [0.717, 1.165) is 19.5 Å². The zero-order valence-electron chi connectivity index (χ0n) is 11.7. The number of benzene rings is 1. The van der Waals surface area contributed by atoms with E-state index in [2.05, 4.69) is 68.5 Å². The number of hydrogen-bond acceptors (Lipinski definition) is 2. The van der Waals surface area contributed by atoms with Crippen LogP contribution >= 0.6 is 0 Å². The molecule has 0 saturated carbocycles. The zero-order valence-corrected chi connectivity index (χ0v) is 11.7. The third-order valence-electron chi connectivity index (χ3n) is 3.43. The van der Waals surface area contributed by atoms with Gasteiger partial charge in [-0.25, -0.2) is 0 Å². The van der Waals surface area contributed by atoms with Crippen molar-refractivity contribution >= 4 is 0 Å². The molecule has 0 aliphatic heterocycles. The van der Waals surface area contributed by atoms with Crippen LogP contribution in [0.2, 0.25) is 0 Å². The van der Waals surface area contributed by atoms with E-state index < -0.39 is 0 Å². The van der Waals surface area contributed by atoms with E-state index in [1.165, 1.54) is 12.0 Å². The molecule has 1 aromatic carbocycles. The molecule has 17 heavy (non-hydrogen) atoms. The third kappa shape index (κ3) is 5.33. The molecule has 1 rings (SSSR count). The highest BCUT2D eigenvalue weighted by Gasteiger charge is 2.18. The van der Waals surface area contributed by atoms with Gasteiger partial charge in [0.05, 0.1) is 0 Å². The molecule has 1 aromatic rings. The lowest BCUT2D eigenvalue weighted by molar-refractivity contribution is 0.190. The molecule has 0 aliphatic carbocycles. The smallest absolute Gasteiger partial charge is 0.0271 e. The molecule has 0 fully saturated rings. The van der Waals surface area contributed by atoms with Gasteiger partial charge in [-0.15, -0.1) is 0 Å². The van der Waals surface area contributed by atoms with Crippen LogP contribution in [0, 0.1) is 0 Å². The van der Waals surface area contributed by atoms with Crippen molar-refractivity contribution < 1.29 is 0 Å². The number of aryl methyl sites for hydroxylation is 1. The van der Waals surface area contributed by atoms with Crippen LogP contribution in [-0.2, 0) is 6.42 Å². The average molecular weight is 234 g/mol. The van der Waals surface area contributed by atoms with Crippen LogP contribution in [0.5, 0.6) is 0 Å². The molecule has 2 nitrogen and oxygen atoms in total. The Morgan fingerprint density at radius 2 is 1.76 bits per heavy atom. The number of hydrogen-bond donors (Lipinski definition) is 1. The van der Waals surface area contributed by atoms with Crippen LogP contribution in [-0.4, -0.2) is 37.6 Å². The largest absolute Gasteiger partial charge is 0.315 e. The summed E-state index contributed by atoms with van der Waals surface area (Å²) in [5.74, 6) is 0. The number of likely N-dealkylation sites (N-methyl/N-ethyl adjacent to an activating group) is 1. The second kappa shape index (κ2) is 6.77. The van der Waals surface area contributed by atoms with E-state index in [9.17, 15) is 0 Å². The quantitative estimate of drug-likeness (QED) is 0.729. The maximum atomic E-state index is 3.54. The van der Waals surface area contributed by atoms with Gasteiger partial charge in [-0.3, -0.25) is 0 Å². The minimum atomic E-state index is 0.229. The molecule has 0 saturated heterocycles. The Balaban J connectivity index is 2.13. The second-order valence-corrected chi connectivity index (χ2v) is 5.47. The molecule has 0 aromatic heterocycles. The number of nitrogens with zero attached hydrogens (tertiary/aromatic N) is 1. The van der Waals surface area contributed by atoms with E-state index in [1.54, 1.807) is 0 Å². The Bertz CT molecular complexity index is 304. The van der Waals surface area contributed by atoms with Crippen molar-refractivity contribution in [3.8, 4) is 0 Å². The summed E-state index contributed by atoms with van der Waals surface area (Å²) in [6.07, 6.45) is 2.36. The van der Waals surface area contributed by atoms with Crippen LogP contribution in [0.1, 0.15) is 25.8 Å². The second-order valence-electron chi connectivity index (χ2n) is 5.47. The van der Waals surface area contributed by atoms with Crippen LogP contribution in [0.4, 0.5) is 0 Å². The summed E-state index contributed by atoms with van der Waals surface area (Å²) in [4.78, 5) is 2.26. The summed E-state index contributed by atoms with van der Waals surface area (Å²) in [6.45, 7) is 6.65. The molecule has 0 atom stereocenters. The maximum absolute atomic E-state index is 3.54. The first-order valence-electron chi connectivity index (χ1n) is 6.44. The molecule has 0 amide bonds. The van der Waals surface area contributed by atoms with Crippen molar-refractivity contribution in [1.82, 2.24) is 10.2 Å². The molecule has 0 bridgehead atoms. The lowest BCUT2D eigenvalue weighted by Crippen LogP contribution is -2.46. The van der Waals surface area contributed by atoms with Crippen molar-refractivity contribution in [2.24, 2.45) is 0 Å². The van der Waals surface area contributed by atoms with Crippen molar-refractivity contribution in [3.05, 3.63) is 35.9 Å². The first-order chi connectivity index (χ1) is 8.02. The molecular weight excluding hydrogens is 208 g/mol. The van der Waals surface area contributed by atoms with Crippen LogP contribution in [0.3, 0.4) is 0 Å². The zero-order chi connectivity index (χ0) is 12.7. The van der Waals surface area contributed by atoms with Gasteiger partial charge >= 0.3 is 0 Å². The lowest BCUT2D eigenvalue weighted by atomic mass is 10.0. The summed E-state index contributed by atoms with van der Waals surface area (Å²) in [6, 6.07) is 10.7. The summed E-state index contributed by atoms with van der Waals surface area (Å²) >= 11 is 0. The van der Waals surface area contributed by atoms with Gasteiger partial charge in [0.2, 0.25) is 0 Å². The Morgan fingerprint density at radius 3 is 2.35 bits per heavy atom. The fraction of sp³-hybridized carbons (Fsp3) is 0.600. The Morgan fingerprint density at radius 1 is 1.12 bits per heavy atom. The van der Waals surface area contributed by atoms with Gasteiger partial charge < -0.3 is 10.2 Å². The predicted octanol–water partition coefficient (Wildman–Crippen LogP) is 2.55. The van der Waals surface area contributed by atoms with Crippen molar-refractivity contribution in [2.45, 2.75) is 32.2 Å². The minimum absolute atomic E-state index is 0.229. The van der Waals surface area contributed by atoms with E-state index in [4.69, 9.17) is 0 Å². The molecule has 0 unspecified atom stereocenters. The van der Waals surface area contributed by atoms with Gasteiger partial charge in [-0.05, 0) is 52.9 Å². The SMILES string of the molecule is CN(C)C(C)(C)CNCCCc1ccccc1. The number of rotatable bonds is 7. The monoisotopic (exact) mass is 234 g/mol. The molecule has 0 spiro atoms. The summed E-state index contributed by atoms with van der Waals surface area (Å²) in [5, 5.41) is 3.54. The van der Waals surface area contributed by atoms with E-state index >= 15 is 0 Å². The summed E-state index contributed by atoms with van der Waals surface area (Å²) in [7, 11) is 4.26. The Labute approximate surface area is 106 Å². The number of nitrogens with one attached hydrogen (secondary N) is 1. The van der Waals surface area contributed by atoms with Crippen molar-refractivity contribution in [2.75, 3.05) is 27.2 Å². The fourth-order valence-electron chi connectivity index (χ4n) is 1.61. The predicted molar refractivity (Wildman–Crippen MR) is 75.4 cm³/mol. The van der Waals surface area contributed by atoms with E-state index in [-0.39, 0.29) is 5.54 Å². The summed E-state index contributed by atoms with van der Waals surface area (Å²) < 4.78 is 0. The van der Waals surface area contributed by atoms with E-state index in [1.807, 2.05) is 0 Å². The Kier molecular flexibility index (Phi) is 5.66. The van der Waals surface area contributed by atoms with Crippen LogP contribution in [0.15, 0.2) is 30.3 Å². The van der Waals surface area contributed by atoms with Crippen LogP contribution < -0.4 is 5.32 Å².